The number of non-ortho nitro benzene ring substituents is 1. The first-order valence-electron chi connectivity index (χ1n) is 5.44. The van der Waals surface area contributed by atoms with Crippen molar-refractivity contribution in [1.29, 1.82) is 0 Å². The maximum absolute atomic E-state index is 10.7. The third-order valence-electron chi connectivity index (χ3n) is 2.09. The Morgan fingerprint density at radius 3 is 2.53 bits per heavy atom. The minimum absolute atomic E-state index is 0.0511. The number of carbonyl (C=O) groups excluding carboxylic acids is 1. The van der Waals surface area contributed by atoms with E-state index in [4.69, 9.17) is 10.5 Å². The van der Waals surface area contributed by atoms with Crippen molar-refractivity contribution < 1.29 is 24.3 Å². The summed E-state index contributed by atoms with van der Waals surface area (Å²) in [6, 6.07) is 5.40. The summed E-state index contributed by atoms with van der Waals surface area (Å²) in [5.74, 6) is -0.246. The van der Waals surface area contributed by atoms with Gasteiger partial charge in [-0.1, -0.05) is 0 Å². The van der Waals surface area contributed by atoms with Crippen molar-refractivity contribution >= 4 is 11.7 Å². The van der Waals surface area contributed by atoms with E-state index in [9.17, 15) is 20.0 Å². The Bertz CT molecular complexity index is 433. The monoisotopic (exact) mass is 270 g/mol. The number of ether oxygens (including phenoxy) is 2. The number of nitro benzene ring substituents is 1. The molecule has 0 bridgehead atoms. The molecule has 1 aromatic rings. The molecule has 8 heteroatoms. The van der Waals surface area contributed by atoms with Crippen molar-refractivity contribution in [3.8, 4) is 5.75 Å². The Kier molecular flexibility index (Phi) is 5.71. The van der Waals surface area contributed by atoms with Crippen LogP contribution in [0.25, 0.3) is 0 Å². The number of benzene rings is 1. The summed E-state index contributed by atoms with van der Waals surface area (Å²) < 4.78 is 9.78. The summed E-state index contributed by atoms with van der Waals surface area (Å²) in [6.07, 6.45) is -0.995. The lowest BCUT2D eigenvalue weighted by Gasteiger charge is -2.12. The fourth-order valence-electron chi connectivity index (χ4n) is 1.15. The van der Waals surface area contributed by atoms with Gasteiger partial charge in [-0.3, -0.25) is 14.9 Å². The van der Waals surface area contributed by atoms with Crippen LogP contribution in [0, 0.1) is 10.1 Å². The van der Waals surface area contributed by atoms with Gasteiger partial charge in [0.2, 0.25) is 0 Å². The van der Waals surface area contributed by atoms with E-state index < -0.39 is 17.0 Å². The molecule has 19 heavy (non-hydrogen) atoms. The van der Waals surface area contributed by atoms with Gasteiger partial charge in [0.25, 0.3) is 5.69 Å². The van der Waals surface area contributed by atoms with Crippen LogP contribution in [0.4, 0.5) is 5.69 Å². The van der Waals surface area contributed by atoms with Crippen molar-refractivity contribution in [3.05, 3.63) is 34.4 Å². The maximum atomic E-state index is 10.7. The molecule has 0 aliphatic heterocycles. The molecular weight excluding hydrogens is 256 g/mol. The molecule has 0 amide bonds. The Balaban J connectivity index is 2.35. The SMILES string of the molecule is NCC(=O)OCC(O)COc1ccc([N+](=O)[O-])cc1. The van der Waals surface area contributed by atoms with Gasteiger partial charge in [0.1, 0.15) is 25.1 Å². The average molecular weight is 270 g/mol. The molecule has 0 heterocycles. The molecule has 0 radical (unpaired) electrons. The van der Waals surface area contributed by atoms with E-state index in [1.165, 1.54) is 24.3 Å². The second kappa shape index (κ2) is 7.29. The first-order valence-corrected chi connectivity index (χ1v) is 5.44. The number of carbonyl (C=O) groups is 1. The molecule has 0 spiro atoms. The van der Waals surface area contributed by atoms with Crippen LogP contribution in [0.15, 0.2) is 24.3 Å². The van der Waals surface area contributed by atoms with Gasteiger partial charge < -0.3 is 20.3 Å². The van der Waals surface area contributed by atoms with Gasteiger partial charge in [0.05, 0.1) is 11.5 Å². The third-order valence-corrected chi connectivity index (χ3v) is 2.09. The lowest BCUT2D eigenvalue weighted by atomic mass is 10.3. The predicted molar refractivity (Wildman–Crippen MR) is 64.6 cm³/mol. The molecule has 1 unspecified atom stereocenters. The number of rotatable bonds is 7. The van der Waals surface area contributed by atoms with Gasteiger partial charge in [-0.2, -0.15) is 0 Å². The third kappa shape index (κ3) is 5.32. The average Bonchev–Trinajstić information content (AvgIpc) is 2.42. The standard InChI is InChI=1S/C11H14N2O6/c12-5-11(15)19-7-9(14)6-18-10-3-1-8(2-4-10)13(16)17/h1-4,9,14H,5-7,12H2. The number of aliphatic hydroxyl groups excluding tert-OH is 1. The number of aliphatic hydroxyl groups is 1. The Labute approximate surface area is 108 Å². The normalized spacial score (nSPS) is 11.7. The van der Waals surface area contributed by atoms with Crippen LogP contribution in [0.5, 0.6) is 5.75 Å². The molecular formula is C11H14N2O6. The van der Waals surface area contributed by atoms with E-state index in [2.05, 4.69) is 4.74 Å². The minimum atomic E-state index is -0.995. The zero-order valence-electron chi connectivity index (χ0n) is 10.0. The van der Waals surface area contributed by atoms with Crippen molar-refractivity contribution in [2.24, 2.45) is 5.73 Å². The van der Waals surface area contributed by atoms with E-state index in [0.717, 1.165) is 0 Å². The number of hydrogen-bond acceptors (Lipinski definition) is 7. The fourth-order valence-corrected chi connectivity index (χ4v) is 1.15. The first-order chi connectivity index (χ1) is 9.02. The van der Waals surface area contributed by atoms with Crippen molar-refractivity contribution in [1.82, 2.24) is 0 Å². The van der Waals surface area contributed by atoms with Crippen LogP contribution >= 0.6 is 0 Å². The summed E-state index contributed by atoms with van der Waals surface area (Å²) in [6.45, 7) is -0.575. The molecule has 104 valence electrons. The van der Waals surface area contributed by atoms with Gasteiger partial charge in [-0.15, -0.1) is 0 Å². The van der Waals surface area contributed by atoms with Gasteiger partial charge in [0, 0.05) is 12.1 Å². The van der Waals surface area contributed by atoms with Gasteiger partial charge in [-0.05, 0) is 12.1 Å². The van der Waals surface area contributed by atoms with Gasteiger partial charge in [-0.25, -0.2) is 0 Å². The Morgan fingerprint density at radius 2 is 2.00 bits per heavy atom. The van der Waals surface area contributed by atoms with Crippen LogP contribution in [0.3, 0.4) is 0 Å². The lowest BCUT2D eigenvalue weighted by molar-refractivity contribution is -0.384. The van der Waals surface area contributed by atoms with E-state index in [0.29, 0.717) is 5.75 Å². The van der Waals surface area contributed by atoms with E-state index >= 15 is 0 Å². The highest BCUT2D eigenvalue weighted by molar-refractivity contribution is 5.71. The van der Waals surface area contributed by atoms with Crippen LogP contribution in [-0.2, 0) is 9.53 Å². The molecule has 0 fully saturated rings. The van der Waals surface area contributed by atoms with Crippen molar-refractivity contribution in [2.75, 3.05) is 19.8 Å². The topological polar surface area (TPSA) is 125 Å². The smallest absolute Gasteiger partial charge is 0.319 e. The summed E-state index contributed by atoms with van der Waals surface area (Å²) >= 11 is 0. The van der Waals surface area contributed by atoms with Gasteiger partial charge >= 0.3 is 5.97 Å². The molecule has 1 atom stereocenters. The van der Waals surface area contributed by atoms with Crippen molar-refractivity contribution in [2.45, 2.75) is 6.10 Å². The maximum Gasteiger partial charge on any atom is 0.319 e. The zero-order valence-corrected chi connectivity index (χ0v) is 10.0. The number of nitrogens with two attached hydrogens (primary N) is 1. The summed E-state index contributed by atoms with van der Waals surface area (Å²) in [5.41, 5.74) is 4.97. The minimum Gasteiger partial charge on any atom is -0.491 e. The summed E-state index contributed by atoms with van der Waals surface area (Å²) in [4.78, 5) is 20.6. The number of nitro groups is 1. The van der Waals surface area contributed by atoms with Crippen LogP contribution in [-0.4, -0.2) is 41.9 Å². The van der Waals surface area contributed by atoms with Crippen LogP contribution in [0.1, 0.15) is 0 Å². The van der Waals surface area contributed by atoms with Crippen molar-refractivity contribution in [3.63, 3.8) is 0 Å². The molecule has 0 aromatic heterocycles. The number of nitrogens with zero attached hydrogens (tertiary/aromatic N) is 1. The zero-order chi connectivity index (χ0) is 14.3. The summed E-state index contributed by atoms with van der Waals surface area (Å²) in [5, 5.41) is 19.9. The lowest BCUT2D eigenvalue weighted by Crippen LogP contribution is -2.27. The van der Waals surface area contributed by atoms with E-state index in [1.54, 1.807) is 0 Å². The van der Waals surface area contributed by atoms with E-state index in [1.807, 2.05) is 0 Å². The Hall–Kier alpha value is -2.19. The highest BCUT2D eigenvalue weighted by Gasteiger charge is 2.09. The quantitative estimate of drug-likeness (QED) is 0.400. The van der Waals surface area contributed by atoms with Crippen LogP contribution in [0.2, 0.25) is 0 Å². The Morgan fingerprint density at radius 1 is 1.37 bits per heavy atom. The fraction of sp³-hybridized carbons (Fsp3) is 0.364. The molecule has 0 saturated carbocycles. The number of esters is 1. The molecule has 0 saturated heterocycles. The molecule has 0 aliphatic carbocycles. The molecule has 0 aliphatic rings. The predicted octanol–water partition coefficient (Wildman–Crippen LogP) is -0.164. The molecule has 1 aromatic carbocycles. The molecule has 1 rings (SSSR count). The van der Waals surface area contributed by atoms with E-state index in [-0.39, 0.29) is 25.4 Å². The number of hydrogen-bond donors (Lipinski definition) is 2. The largest absolute Gasteiger partial charge is 0.491 e. The highest BCUT2D eigenvalue weighted by atomic mass is 16.6. The first kappa shape index (κ1) is 14.9. The summed E-state index contributed by atoms with van der Waals surface area (Å²) in [7, 11) is 0. The second-order valence-corrected chi connectivity index (χ2v) is 3.60. The molecule has 8 nitrogen and oxygen atoms in total. The molecule has 3 N–H and O–H groups in total. The van der Waals surface area contributed by atoms with Gasteiger partial charge in [0.15, 0.2) is 0 Å². The van der Waals surface area contributed by atoms with Crippen LogP contribution < -0.4 is 10.5 Å². The second-order valence-electron chi connectivity index (χ2n) is 3.60. The highest BCUT2D eigenvalue weighted by Crippen LogP contribution is 2.17.